The number of fused-ring (bicyclic) bond motifs is 8. The standard InChI is InChI=1S/C17H12O4S2/c1-7-6-12-8(18)2-5-11(21)16-13-9(19)3-4-10(20)14(13)17(23-16)15(7)22-12/h2-6,18-21H,1H3. The van der Waals surface area contributed by atoms with Crippen LogP contribution in [0.3, 0.4) is 0 Å². The molecule has 23 heavy (non-hydrogen) atoms. The van der Waals surface area contributed by atoms with E-state index in [0.717, 1.165) is 15.3 Å². The van der Waals surface area contributed by atoms with Gasteiger partial charge in [-0.2, -0.15) is 0 Å². The van der Waals surface area contributed by atoms with Crippen molar-refractivity contribution < 1.29 is 20.4 Å². The molecule has 0 amide bonds. The molecule has 3 aromatic rings. The van der Waals surface area contributed by atoms with E-state index in [1.807, 2.05) is 13.0 Å². The van der Waals surface area contributed by atoms with Crippen molar-refractivity contribution in [1.29, 1.82) is 0 Å². The van der Waals surface area contributed by atoms with E-state index in [1.165, 1.54) is 47.0 Å². The summed E-state index contributed by atoms with van der Waals surface area (Å²) in [6.45, 7) is 1.93. The van der Waals surface area contributed by atoms with Gasteiger partial charge in [0.1, 0.15) is 23.0 Å². The summed E-state index contributed by atoms with van der Waals surface area (Å²) in [5.74, 6) is 0.0516. The van der Waals surface area contributed by atoms with Crippen LogP contribution < -0.4 is 0 Å². The third kappa shape index (κ3) is 1.95. The normalized spacial score (nSPS) is 13.8. The van der Waals surface area contributed by atoms with E-state index in [0.29, 0.717) is 20.5 Å². The lowest BCUT2D eigenvalue weighted by molar-refractivity contribution is 0.469. The number of aliphatic hydroxyl groups is 2. The first-order valence-corrected chi connectivity index (χ1v) is 8.49. The van der Waals surface area contributed by atoms with Gasteiger partial charge in [-0.3, -0.25) is 0 Å². The fraction of sp³-hybridized carbons (Fsp3) is 0.0588. The van der Waals surface area contributed by atoms with Crippen molar-refractivity contribution in [3.63, 3.8) is 0 Å². The van der Waals surface area contributed by atoms with E-state index >= 15 is 0 Å². The number of aromatic hydroxyl groups is 2. The van der Waals surface area contributed by atoms with Gasteiger partial charge in [0.15, 0.2) is 0 Å². The van der Waals surface area contributed by atoms with E-state index in [1.54, 1.807) is 0 Å². The van der Waals surface area contributed by atoms with Crippen LogP contribution in [0.5, 0.6) is 11.5 Å². The second kappa shape index (κ2) is 4.78. The van der Waals surface area contributed by atoms with Gasteiger partial charge >= 0.3 is 0 Å². The molecular formula is C17H12O4S2. The highest BCUT2D eigenvalue weighted by Gasteiger charge is 2.24. The molecule has 1 aliphatic rings. The minimum Gasteiger partial charge on any atom is -0.507 e. The van der Waals surface area contributed by atoms with Gasteiger partial charge in [-0.05, 0) is 42.8 Å². The molecule has 0 unspecified atom stereocenters. The molecular weight excluding hydrogens is 332 g/mol. The number of aryl methyl sites for hydroxylation is 1. The number of hydrogen-bond acceptors (Lipinski definition) is 6. The largest absolute Gasteiger partial charge is 0.507 e. The fourth-order valence-electron chi connectivity index (χ4n) is 2.73. The summed E-state index contributed by atoms with van der Waals surface area (Å²) in [6.07, 6.45) is 2.83. The molecule has 0 saturated carbocycles. The van der Waals surface area contributed by atoms with Crippen LogP contribution in [0.1, 0.15) is 15.3 Å². The number of hydrogen-bond donors (Lipinski definition) is 4. The Morgan fingerprint density at radius 3 is 2.04 bits per heavy atom. The number of thiophene rings is 2. The van der Waals surface area contributed by atoms with Gasteiger partial charge in [-0.1, -0.05) is 0 Å². The van der Waals surface area contributed by atoms with E-state index in [4.69, 9.17) is 0 Å². The minimum absolute atomic E-state index is 0.00266. The van der Waals surface area contributed by atoms with Crippen LogP contribution in [0.25, 0.3) is 32.0 Å². The van der Waals surface area contributed by atoms with Gasteiger partial charge in [0.2, 0.25) is 0 Å². The number of aliphatic hydroxyl groups excluding tert-OH is 2. The molecule has 4 N–H and O–H groups in total. The molecule has 4 bridgehead atoms. The summed E-state index contributed by atoms with van der Waals surface area (Å²) >= 11 is 2.72. The van der Waals surface area contributed by atoms with Gasteiger partial charge in [-0.25, -0.2) is 0 Å². The number of allylic oxidation sites excluding steroid dienone is 2. The third-order valence-corrected chi connectivity index (χ3v) is 6.46. The average molecular weight is 344 g/mol. The van der Waals surface area contributed by atoms with Crippen molar-refractivity contribution in [2.75, 3.05) is 0 Å². The molecule has 0 aliphatic carbocycles. The zero-order chi connectivity index (χ0) is 16.3. The van der Waals surface area contributed by atoms with Crippen molar-refractivity contribution in [3.05, 3.63) is 45.7 Å². The van der Waals surface area contributed by atoms with Crippen molar-refractivity contribution in [2.24, 2.45) is 0 Å². The molecule has 116 valence electrons. The van der Waals surface area contributed by atoms with Crippen LogP contribution in [0.15, 0.2) is 30.4 Å². The molecule has 1 aromatic carbocycles. The summed E-state index contributed by atoms with van der Waals surface area (Å²) in [7, 11) is 0. The van der Waals surface area contributed by atoms with Gasteiger partial charge in [0.05, 0.1) is 14.6 Å². The maximum Gasteiger partial charge on any atom is 0.133 e. The number of phenols is 2. The molecule has 4 rings (SSSR count). The third-order valence-electron chi connectivity index (χ3n) is 3.83. The van der Waals surface area contributed by atoms with E-state index in [-0.39, 0.29) is 23.0 Å². The number of benzene rings is 1. The van der Waals surface area contributed by atoms with Gasteiger partial charge in [0.25, 0.3) is 0 Å². The highest BCUT2D eigenvalue weighted by molar-refractivity contribution is 7.24. The topological polar surface area (TPSA) is 80.9 Å². The molecule has 0 radical (unpaired) electrons. The summed E-state index contributed by atoms with van der Waals surface area (Å²) in [4.78, 5) is 2.82. The second-order valence-corrected chi connectivity index (χ2v) is 7.41. The minimum atomic E-state index is -0.0659. The molecule has 6 heteroatoms. The Balaban J connectivity index is 2.24. The van der Waals surface area contributed by atoms with Gasteiger partial charge in [0, 0.05) is 15.6 Å². The Bertz CT molecular complexity index is 1020. The Hall–Kier alpha value is -2.44. The SMILES string of the molecule is Cc1cc2sc1-c1sc(c3c(O)ccc(O)c13)C(O)=CC=C2O. The Morgan fingerprint density at radius 1 is 0.739 bits per heavy atom. The lowest BCUT2D eigenvalue weighted by atomic mass is 10.1. The lowest BCUT2D eigenvalue weighted by Crippen LogP contribution is -1.81. The van der Waals surface area contributed by atoms with Gasteiger partial charge in [-0.15, -0.1) is 22.7 Å². The number of rotatable bonds is 0. The lowest BCUT2D eigenvalue weighted by Gasteiger charge is -2.02. The van der Waals surface area contributed by atoms with Crippen LogP contribution in [-0.2, 0) is 0 Å². The zero-order valence-corrected chi connectivity index (χ0v) is 13.6. The van der Waals surface area contributed by atoms with E-state index in [9.17, 15) is 20.4 Å². The van der Waals surface area contributed by atoms with Gasteiger partial charge < -0.3 is 20.4 Å². The monoisotopic (exact) mass is 344 g/mol. The Morgan fingerprint density at radius 2 is 1.35 bits per heavy atom. The molecule has 0 saturated heterocycles. The van der Waals surface area contributed by atoms with Crippen molar-refractivity contribution in [1.82, 2.24) is 0 Å². The predicted octanol–water partition coefficient (Wildman–Crippen LogP) is 5.16. The predicted molar refractivity (Wildman–Crippen MR) is 94.4 cm³/mol. The molecule has 2 aromatic heterocycles. The quantitative estimate of drug-likeness (QED) is 0.425. The highest BCUT2D eigenvalue weighted by atomic mass is 32.1. The Kier molecular flexibility index (Phi) is 2.94. The maximum atomic E-state index is 10.4. The molecule has 0 fully saturated rings. The highest BCUT2D eigenvalue weighted by Crippen LogP contribution is 2.51. The molecule has 1 aliphatic heterocycles. The summed E-state index contributed by atoms with van der Waals surface area (Å²) in [6, 6.07) is 4.72. The smallest absolute Gasteiger partial charge is 0.133 e. The fourth-order valence-corrected chi connectivity index (χ4v) is 5.27. The molecule has 4 nitrogen and oxygen atoms in total. The molecule has 0 spiro atoms. The van der Waals surface area contributed by atoms with Crippen molar-refractivity contribution in [2.45, 2.75) is 6.92 Å². The average Bonchev–Trinajstić information content (AvgIpc) is 3.09. The van der Waals surface area contributed by atoms with Crippen LogP contribution in [0.2, 0.25) is 0 Å². The summed E-state index contributed by atoms with van der Waals surface area (Å²) in [5, 5.41) is 42.0. The molecule has 3 heterocycles. The number of phenolic OH excluding ortho intramolecular Hbond substituents is 2. The van der Waals surface area contributed by atoms with E-state index < -0.39 is 0 Å². The first-order chi connectivity index (χ1) is 11.0. The van der Waals surface area contributed by atoms with Crippen LogP contribution in [0.4, 0.5) is 0 Å². The van der Waals surface area contributed by atoms with Crippen molar-refractivity contribution in [3.8, 4) is 21.3 Å². The first-order valence-electron chi connectivity index (χ1n) is 6.86. The summed E-state index contributed by atoms with van der Waals surface area (Å²) in [5.41, 5.74) is 0.962. The zero-order valence-electron chi connectivity index (χ0n) is 12.0. The van der Waals surface area contributed by atoms with Crippen molar-refractivity contribution >= 4 is 45.0 Å². The second-order valence-electron chi connectivity index (χ2n) is 5.34. The molecule has 0 atom stereocenters. The van der Waals surface area contributed by atoms with Crippen LogP contribution in [0, 0.1) is 6.92 Å². The summed E-state index contributed by atoms with van der Waals surface area (Å²) < 4.78 is 0. The van der Waals surface area contributed by atoms with Crippen LogP contribution >= 0.6 is 22.7 Å². The maximum absolute atomic E-state index is 10.4. The first kappa shape index (κ1) is 14.2. The Labute approximate surface area is 139 Å². The van der Waals surface area contributed by atoms with E-state index in [2.05, 4.69) is 0 Å². The van der Waals surface area contributed by atoms with Crippen LogP contribution in [-0.4, -0.2) is 20.4 Å².